The highest BCUT2D eigenvalue weighted by Gasteiger charge is 2.19. The molecule has 1 amide bonds. The molecule has 0 aromatic heterocycles. The van der Waals surface area contributed by atoms with Crippen molar-refractivity contribution in [2.24, 2.45) is 0 Å². The zero-order valence-corrected chi connectivity index (χ0v) is 16.6. The van der Waals surface area contributed by atoms with Crippen LogP contribution in [0.1, 0.15) is 30.1 Å². The first-order chi connectivity index (χ1) is 12.9. The fraction of sp³-hybridized carbons (Fsp3) is 0.316. The number of carbonyl (C=O) groups is 1. The second-order valence-electron chi connectivity index (χ2n) is 6.01. The van der Waals surface area contributed by atoms with E-state index >= 15 is 0 Å². The third-order valence-electron chi connectivity index (χ3n) is 3.91. The maximum absolute atomic E-state index is 12.7. The van der Waals surface area contributed by atoms with E-state index in [1.54, 1.807) is 24.3 Å². The van der Waals surface area contributed by atoms with E-state index in [2.05, 4.69) is 4.72 Å². The van der Waals surface area contributed by atoms with Crippen molar-refractivity contribution in [1.82, 2.24) is 4.90 Å². The van der Waals surface area contributed by atoms with Crippen LogP contribution in [-0.2, 0) is 10.0 Å². The summed E-state index contributed by atoms with van der Waals surface area (Å²) in [6.07, 6.45) is 1.72. The molecule has 2 aromatic rings. The van der Waals surface area contributed by atoms with E-state index in [1.165, 1.54) is 29.2 Å². The quantitative estimate of drug-likeness (QED) is 0.663. The molecule has 146 valence electrons. The molecule has 0 heterocycles. The smallest absolute Gasteiger partial charge is 0.261 e. The second kappa shape index (κ2) is 9.73. The summed E-state index contributed by atoms with van der Waals surface area (Å²) in [6, 6.07) is 12.2. The van der Waals surface area contributed by atoms with E-state index in [0.29, 0.717) is 17.3 Å². The first-order valence-corrected chi connectivity index (χ1v) is 10.5. The van der Waals surface area contributed by atoms with Gasteiger partial charge in [0.25, 0.3) is 15.9 Å². The molecule has 0 spiro atoms. The molecular formula is C19H23ClN2O4S. The van der Waals surface area contributed by atoms with Gasteiger partial charge < -0.3 is 10.0 Å². The van der Waals surface area contributed by atoms with E-state index in [9.17, 15) is 18.3 Å². The Morgan fingerprint density at radius 1 is 1.15 bits per heavy atom. The molecule has 0 radical (unpaired) electrons. The van der Waals surface area contributed by atoms with Crippen molar-refractivity contribution in [3.8, 4) is 0 Å². The molecule has 2 rings (SSSR count). The summed E-state index contributed by atoms with van der Waals surface area (Å²) in [7, 11) is -3.87. The summed E-state index contributed by atoms with van der Waals surface area (Å²) < 4.78 is 27.7. The van der Waals surface area contributed by atoms with Crippen LogP contribution in [0.2, 0.25) is 5.02 Å². The number of aliphatic hydroxyl groups is 1. The highest BCUT2D eigenvalue weighted by Crippen LogP contribution is 2.20. The first kappa shape index (κ1) is 21.2. The summed E-state index contributed by atoms with van der Waals surface area (Å²) in [5.41, 5.74) is 0.595. The van der Waals surface area contributed by atoms with Gasteiger partial charge in [0.05, 0.1) is 17.2 Å². The van der Waals surface area contributed by atoms with Gasteiger partial charge in [-0.3, -0.25) is 9.52 Å². The van der Waals surface area contributed by atoms with E-state index in [-0.39, 0.29) is 29.5 Å². The average molecular weight is 411 g/mol. The molecule has 6 nitrogen and oxygen atoms in total. The number of aliphatic hydroxyl groups excluding tert-OH is 1. The average Bonchev–Trinajstić information content (AvgIpc) is 2.64. The third kappa shape index (κ3) is 5.95. The first-order valence-electron chi connectivity index (χ1n) is 8.66. The lowest BCUT2D eigenvalue weighted by atomic mass is 10.2. The van der Waals surface area contributed by atoms with Crippen molar-refractivity contribution in [2.75, 3.05) is 24.4 Å². The van der Waals surface area contributed by atoms with Gasteiger partial charge in [0, 0.05) is 23.7 Å². The molecule has 8 heteroatoms. The van der Waals surface area contributed by atoms with Crippen LogP contribution in [0.3, 0.4) is 0 Å². The molecule has 0 fully saturated rings. The fourth-order valence-corrected chi connectivity index (χ4v) is 3.81. The van der Waals surface area contributed by atoms with Gasteiger partial charge in [-0.2, -0.15) is 0 Å². The Morgan fingerprint density at radius 3 is 2.56 bits per heavy atom. The van der Waals surface area contributed by atoms with Gasteiger partial charge >= 0.3 is 0 Å². The number of carbonyl (C=O) groups excluding carboxylic acids is 1. The summed E-state index contributed by atoms with van der Waals surface area (Å²) >= 11 is 5.89. The van der Waals surface area contributed by atoms with Gasteiger partial charge in [0.2, 0.25) is 0 Å². The summed E-state index contributed by atoms with van der Waals surface area (Å²) in [5, 5.41) is 9.60. The predicted molar refractivity (Wildman–Crippen MR) is 107 cm³/mol. The molecule has 0 bridgehead atoms. The number of anilines is 1. The normalized spacial score (nSPS) is 11.2. The Bertz CT molecular complexity index is 887. The van der Waals surface area contributed by atoms with E-state index in [1.807, 2.05) is 6.92 Å². The topological polar surface area (TPSA) is 86.7 Å². The molecule has 0 aliphatic carbocycles. The molecule has 0 saturated carbocycles. The van der Waals surface area contributed by atoms with Crippen molar-refractivity contribution in [3.63, 3.8) is 0 Å². The number of nitrogens with zero attached hydrogens (tertiary/aromatic N) is 1. The summed E-state index contributed by atoms with van der Waals surface area (Å²) in [4.78, 5) is 14.2. The third-order valence-corrected chi connectivity index (χ3v) is 5.52. The Hall–Kier alpha value is -2.09. The van der Waals surface area contributed by atoms with Gasteiger partial charge in [-0.05, 0) is 42.8 Å². The minimum Gasteiger partial charge on any atom is -0.395 e. The van der Waals surface area contributed by atoms with Crippen LogP contribution < -0.4 is 4.72 Å². The minimum atomic E-state index is -3.87. The highest BCUT2D eigenvalue weighted by atomic mass is 35.5. The summed E-state index contributed by atoms with van der Waals surface area (Å²) in [6.45, 7) is 2.57. The molecule has 0 aliphatic rings. The van der Waals surface area contributed by atoms with Crippen LogP contribution in [-0.4, -0.2) is 44.0 Å². The lowest BCUT2D eigenvalue weighted by Gasteiger charge is -2.22. The number of hydrogen-bond donors (Lipinski definition) is 2. The van der Waals surface area contributed by atoms with Gasteiger partial charge in [0.1, 0.15) is 0 Å². The van der Waals surface area contributed by atoms with Crippen molar-refractivity contribution in [2.45, 2.75) is 24.7 Å². The number of nitrogens with one attached hydrogen (secondary N) is 1. The lowest BCUT2D eigenvalue weighted by molar-refractivity contribution is 0.0719. The Balaban J connectivity index is 2.25. The number of rotatable bonds is 9. The molecular weight excluding hydrogens is 388 g/mol. The number of hydrogen-bond acceptors (Lipinski definition) is 4. The van der Waals surface area contributed by atoms with E-state index < -0.39 is 10.0 Å². The molecule has 0 unspecified atom stereocenters. The lowest BCUT2D eigenvalue weighted by Crippen LogP contribution is -2.34. The molecule has 27 heavy (non-hydrogen) atoms. The van der Waals surface area contributed by atoms with Crippen molar-refractivity contribution in [3.05, 3.63) is 59.1 Å². The number of unbranched alkanes of at least 4 members (excludes halogenated alkanes) is 1. The summed E-state index contributed by atoms with van der Waals surface area (Å²) in [5.74, 6) is -0.308. The molecule has 0 atom stereocenters. The standard InChI is InChI=1S/C19H23ClN2O4S/c1-2-3-10-22(11-12-23)19(24)15-6-4-9-18(13-15)27(25,26)21-17-8-5-7-16(20)14-17/h4-9,13-14,21,23H,2-3,10-12H2,1H3. The zero-order chi connectivity index (χ0) is 19.9. The highest BCUT2D eigenvalue weighted by molar-refractivity contribution is 7.92. The largest absolute Gasteiger partial charge is 0.395 e. The van der Waals surface area contributed by atoms with E-state index in [0.717, 1.165) is 12.8 Å². The van der Waals surface area contributed by atoms with Crippen LogP contribution >= 0.6 is 11.6 Å². The minimum absolute atomic E-state index is 0.0206. The second-order valence-corrected chi connectivity index (χ2v) is 8.13. The predicted octanol–water partition coefficient (Wildman–Crippen LogP) is 3.38. The number of halogens is 1. The maximum atomic E-state index is 12.7. The Morgan fingerprint density at radius 2 is 1.89 bits per heavy atom. The van der Waals surface area contributed by atoms with Crippen molar-refractivity contribution in [1.29, 1.82) is 0 Å². The van der Waals surface area contributed by atoms with Gasteiger partial charge in [0.15, 0.2) is 0 Å². The van der Waals surface area contributed by atoms with Crippen LogP contribution in [0.5, 0.6) is 0 Å². The number of amides is 1. The molecule has 0 aliphatic heterocycles. The van der Waals surface area contributed by atoms with Gasteiger partial charge in [-0.25, -0.2) is 8.42 Å². The zero-order valence-electron chi connectivity index (χ0n) is 15.1. The van der Waals surface area contributed by atoms with Crippen molar-refractivity contribution < 1.29 is 18.3 Å². The van der Waals surface area contributed by atoms with Crippen LogP contribution in [0.15, 0.2) is 53.4 Å². The number of benzene rings is 2. The van der Waals surface area contributed by atoms with Crippen LogP contribution in [0, 0.1) is 0 Å². The van der Waals surface area contributed by atoms with Crippen LogP contribution in [0.25, 0.3) is 0 Å². The SMILES string of the molecule is CCCCN(CCO)C(=O)c1cccc(S(=O)(=O)Nc2cccc(Cl)c2)c1. The monoisotopic (exact) mass is 410 g/mol. The Kier molecular flexibility index (Phi) is 7.65. The van der Waals surface area contributed by atoms with Crippen molar-refractivity contribution >= 4 is 33.2 Å². The molecule has 2 aromatic carbocycles. The Labute approximate surface area is 164 Å². The number of sulfonamides is 1. The van der Waals surface area contributed by atoms with E-state index in [4.69, 9.17) is 11.6 Å². The molecule has 0 saturated heterocycles. The van der Waals surface area contributed by atoms with Gasteiger partial charge in [-0.1, -0.05) is 37.1 Å². The fourth-order valence-electron chi connectivity index (χ4n) is 2.53. The molecule has 2 N–H and O–H groups in total. The maximum Gasteiger partial charge on any atom is 0.261 e. The van der Waals surface area contributed by atoms with Gasteiger partial charge in [-0.15, -0.1) is 0 Å². The van der Waals surface area contributed by atoms with Crippen LogP contribution in [0.4, 0.5) is 5.69 Å².